The lowest BCUT2D eigenvalue weighted by Crippen LogP contribution is -1.96. The zero-order chi connectivity index (χ0) is 13.9. The number of methoxy groups -OCH3 is 2. The maximum absolute atomic E-state index is 5.53. The van der Waals surface area contributed by atoms with Crippen molar-refractivity contribution in [2.75, 3.05) is 14.2 Å². The Labute approximate surface area is 118 Å². The smallest absolute Gasteiger partial charge is 0.126 e. The number of hydrogen-bond donors (Lipinski definition) is 0. The highest BCUT2D eigenvalue weighted by molar-refractivity contribution is 5.71. The zero-order valence-electron chi connectivity index (χ0n) is 11.8. The van der Waals surface area contributed by atoms with Crippen LogP contribution >= 0.6 is 0 Å². The maximum Gasteiger partial charge on any atom is 0.126 e. The van der Waals surface area contributed by atoms with Crippen LogP contribution in [0, 0.1) is 0 Å². The fourth-order valence-corrected chi connectivity index (χ4v) is 2.39. The van der Waals surface area contributed by atoms with E-state index in [1.165, 1.54) is 18.4 Å². The van der Waals surface area contributed by atoms with E-state index < -0.39 is 0 Å². The average Bonchev–Trinajstić information content (AvgIpc) is 3.19. The van der Waals surface area contributed by atoms with Crippen molar-refractivity contribution in [2.24, 2.45) is 0 Å². The van der Waals surface area contributed by atoms with Crippen LogP contribution in [0.3, 0.4) is 0 Å². The molecule has 0 N–H and O–H groups in total. The van der Waals surface area contributed by atoms with Gasteiger partial charge in [-0.2, -0.15) is 0 Å². The van der Waals surface area contributed by atoms with Gasteiger partial charge in [-0.05, 0) is 42.5 Å². The van der Waals surface area contributed by atoms with Crippen LogP contribution in [0.4, 0.5) is 0 Å². The second kappa shape index (κ2) is 5.45. The number of rotatable bonds is 5. The lowest BCUT2D eigenvalue weighted by molar-refractivity contribution is 0.385. The van der Waals surface area contributed by atoms with Gasteiger partial charge in [0.2, 0.25) is 0 Å². The molecule has 20 heavy (non-hydrogen) atoms. The zero-order valence-corrected chi connectivity index (χ0v) is 11.8. The summed E-state index contributed by atoms with van der Waals surface area (Å²) in [4.78, 5) is 0. The summed E-state index contributed by atoms with van der Waals surface area (Å²) < 4.78 is 16.1. The van der Waals surface area contributed by atoms with E-state index in [1.807, 2.05) is 18.2 Å². The number of hydrogen-bond acceptors (Lipinski definition) is 3. The molecule has 1 saturated carbocycles. The van der Waals surface area contributed by atoms with Gasteiger partial charge in [0, 0.05) is 11.1 Å². The summed E-state index contributed by atoms with van der Waals surface area (Å²) in [5.41, 5.74) is 3.30. The lowest BCUT2D eigenvalue weighted by atomic mass is 10.0. The van der Waals surface area contributed by atoms with Crippen molar-refractivity contribution < 1.29 is 13.9 Å². The van der Waals surface area contributed by atoms with E-state index in [-0.39, 0.29) is 0 Å². The summed E-state index contributed by atoms with van der Waals surface area (Å²) in [6, 6.07) is 6.04. The summed E-state index contributed by atoms with van der Waals surface area (Å²) in [5, 5.41) is 0. The number of benzene rings is 1. The summed E-state index contributed by atoms with van der Waals surface area (Å²) >= 11 is 0. The van der Waals surface area contributed by atoms with Crippen LogP contribution in [0.25, 0.3) is 12.2 Å². The second-order valence-corrected chi connectivity index (χ2v) is 5.00. The molecule has 104 valence electrons. The molecule has 0 bridgehead atoms. The molecule has 0 aliphatic heterocycles. The average molecular weight is 270 g/mol. The van der Waals surface area contributed by atoms with Gasteiger partial charge in [-0.3, -0.25) is 0 Å². The molecule has 1 fully saturated rings. The molecule has 0 amide bonds. The lowest BCUT2D eigenvalue weighted by Gasteiger charge is -2.13. The number of ether oxygens (including phenoxy) is 2. The number of furan rings is 1. The van der Waals surface area contributed by atoms with Gasteiger partial charge in [0.15, 0.2) is 0 Å². The fraction of sp³-hybridized carbons (Fsp3) is 0.294. The normalized spacial score (nSPS) is 14.7. The molecule has 2 aromatic rings. The molecular weight excluding hydrogens is 252 g/mol. The largest absolute Gasteiger partial charge is 0.496 e. The van der Waals surface area contributed by atoms with Crippen molar-refractivity contribution in [3.8, 4) is 11.5 Å². The maximum atomic E-state index is 5.53. The van der Waals surface area contributed by atoms with Crippen molar-refractivity contribution in [1.29, 1.82) is 0 Å². The third-order valence-electron chi connectivity index (χ3n) is 3.56. The Bertz CT molecular complexity index is 582. The van der Waals surface area contributed by atoms with Crippen molar-refractivity contribution in [3.63, 3.8) is 0 Å². The molecule has 0 saturated heterocycles. The van der Waals surface area contributed by atoms with Gasteiger partial charge in [0.25, 0.3) is 0 Å². The standard InChI is InChI=1S/C17H18O3/c1-18-15-9-13(4-3-12-7-8-20-11-12)10-16(19-2)17(15)14-5-6-14/h3-4,7-11,14H,5-6H2,1-2H3. The van der Waals surface area contributed by atoms with Crippen LogP contribution in [-0.2, 0) is 0 Å². The predicted octanol–water partition coefficient (Wildman–Crippen LogP) is 4.34. The molecule has 0 radical (unpaired) electrons. The SMILES string of the molecule is COc1cc(C=Cc2ccoc2)cc(OC)c1C1CC1. The Morgan fingerprint density at radius 3 is 2.20 bits per heavy atom. The minimum atomic E-state index is 0.590. The fourth-order valence-electron chi connectivity index (χ4n) is 2.39. The molecule has 1 aliphatic carbocycles. The van der Waals surface area contributed by atoms with Crippen molar-refractivity contribution >= 4 is 12.2 Å². The first-order valence-electron chi connectivity index (χ1n) is 6.78. The van der Waals surface area contributed by atoms with E-state index in [1.54, 1.807) is 26.7 Å². The predicted molar refractivity (Wildman–Crippen MR) is 79.2 cm³/mol. The topological polar surface area (TPSA) is 31.6 Å². The Morgan fingerprint density at radius 1 is 1.05 bits per heavy atom. The summed E-state index contributed by atoms with van der Waals surface area (Å²) in [6.45, 7) is 0. The second-order valence-electron chi connectivity index (χ2n) is 5.00. The van der Waals surface area contributed by atoms with E-state index >= 15 is 0 Å². The van der Waals surface area contributed by atoms with Crippen LogP contribution < -0.4 is 9.47 Å². The van der Waals surface area contributed by atoms with Gasteiger partial charge >= 0.3 is 0 Å². The van der Waals surface area contributed by atoms with Gasteiger partial charge in [0.05, 0.1) is 26.7 Å². The van der Waals surface area contributed by atoms with Crippen LogP contribution in [0.5, 0.6) is 11.5 Å². The first-order valence-corrected chi connectivity index (χ1v) is 6.78. The first kappa shape index (κ1) is 12.9. The third-order valence-corrected chi connectivity index (χ3v) is 3.56. The van der Waals surface area contributed by atoms with Crippen molar-refractivity contribution in [1.82, 2.24) is 0 Å². The monoisotopic (exact) mass is 270 g/mol. The Balaban J connectivity index is 1.95. The molecule has 0 spiro atoms. The quantitative estimate of drug-likeness (QED) is 0.809. The van der Waals surface area contributed by atoms with Crippen molar-refractivity contribution in [3.05, 3.63) is 47.4 Å². The Hall–Kier alpha value is -2.16. The summed E-state index contributed by atoms with van der Waals surface area (Å²) in [7, 11) is 3.43. The molecule has 0 unspecified atom stereocenters. The molecular formula is C17H18O3. The Kier molecular flexibility index (Phi) is 3.50. The summed E-state index contributed by atoms with van der Waals surface area (Å²) in [5.74, 6) is 2.42. The van der Waals surface area contributed by atoms with Gasteiger partial charge in [0.1, 0.15) is 11.5 Å². The van der Waals surface area contributed by atoms with Gasteiger partial charge in [-0.25, -0.2) is 0 Å². The van der Waals surface area contributed by atoms with Gasteiger partial charge < -0.3 is 13.9 Å². The third kappa shape index (κ3) is 2.57. The molecule has 0 atom stereocenters. The molecule has 3 nitrogen and oxygen atoms in total. The van der Waals surface area contributed by atoms with Crippen LogP contribution in [0.15, 0.2) is 35.1 Å². The minimum Gasteiger partial charge on any atom is -0.496 e. The minimum absolute atomic E-state index is 0.590. The highest BCUT2D eigenvalue weighted by Crippen LogP contribution is 2.49. The van der Waals surface area contributed by atoms with Gasteiger partial charge in [-0.1, -0.05) is 12.2 Å². The van der Waals surface area contributed by atoms with Crippen molar-refractivity contribution in [2.45, 2.75) is 18.8 Å². The van der Waals surface area contributed by atoms with Crippen LogP contribution in [0.1, 0.15) is 35.4 Å². The highest BCUT2D eigenvalue weighted by atomic mass is 16.5. The molecule has 1 heterocycles. The van der Waals surface area contributed by atoms with E-state index in [0.29, 0.717) is 5.92 Å². The van der Waals surface area contributed by atoms with Gasteiger partial charge in [-0.15, -0.1) is 0 Å². The van der Waals surface area contributed by atoms with E-state index in [2.05, 4.69) is 12.1 Å². The molecule has 1 aromatic heterocycles. The van der Waals surface area contributed by atoms with E-state index in [4.69, 9.17) is 13.9 Å². The Morgan fingerprint density at radius 2 is 1.70 bits per heavy atom. The molecule has 1 aliphatic rings. The van der Waals surface area contributed by atoms with E-state index in [0.717, 1.165) is 22.6 Å². The van der Waals surface area contributed by atoms with Crippen LogP contribution in [0.2, 0.25) is 0 Å². The highest BCUT2D eigenvalue weighted by Gasteiger charge is 2.30. The van der Waals surface area contributed by atoms with Crippen LogP contribution in [-0.4, -0.2) is 14.2 Å². The molecule has 3 heteroatoms. The summed E-state index contributed by atoms with van der Waals surface area (Å²) in [6.07, 6.45) is 9.86. The molecule has 3 rings (SSSR count). The molecule has 1 aromatic carbocycles. The first-order chi connectivity index (χ1) is 9.81. The van der Waals surface area contributed by atoms with E-state index in [9.17, 15) is 0 Å².